The third-order valence-corrected chi connectivity index (χ3v) is 3.72. The number of aryl methyl sites for hydroxylation is 1. The average Bonchev–Trinajstić information content (AvgIpc) is 2.58. The Morgan fingerprint density at radius 1 is 1.13 bits per heavy atom. The van der Waals surface area contributed by atoms with Crippen LogP contribution in [0, 0.1) is 0 Å². The lowest BCUT2D eigenvalue weighted by molar-refractivity contribution is -0.115. The molecule has 1 amide bonds. The zero-order valence-electron chi connectivity index (χ0n) is 12.8. The standard InChI is InChI=1S/C18H17N3O2/c1-2-12-6-5-7-13(10-12)19-17(22)11-16-14-8-3-4-9-15(14)18(23)21-20-16/h3-10H,2,11H2,1H3,(H,19,22)(H,21,23). The van der Waals surface area contributed by atoms with Crippen molar-refractivity contribution < 1.29 is 4.79 Å². The van der Waals surface area contributed by atoms with Gasteiger partial charge in [0.1, 0.15) is 0 Å². The van der Waals surface area contributed by atoms with Crippen LogP contribution in [0.1, 0.15) is 18.2 Å². The first-order valence-corrected chi connectivity index (χ1v) is 7.52. The Bertz CT molecular complexity index is 915. The molecule has 0 aliphatic rings. The molecule has 3 rings (SSSR count). The molecule has 0 aliphatic carbocycles. The number of hydrogen-bond donors (Lipinski definition) is 2. The number of rotatable bonds is 4. The molecule has 0 radical (unpaired) electrons. The predicted octanol–water partition coefficient (Wildman–Crippen LogP) is 2.67. The molecule has 5 nitrogen and oxygen atoms in total. The molecule has 0 fully saturated rings. The maximum atomic E-state index is 12.3. The molecule has 3 aromatic rings. The SMILES string of the molecule is CCc1cccc(NC(=O)Cc2n[nH]c(=O)c3ccccc23)c1. The van der Waals surface area contributed by atoms with Crippen molar-refractivity contribution in [2.24, 2.45) is 0 Å². The summed E-state index contributed by atoms with van der Waals surface area (Å²) < 4.78 is 0. The molecule has 0 saturated heterocycles. The minimum atomic E-state index is -0.250. The highest BCUT2D eigenvalue weighted by atomic mass is 16.1. The summed E-state index contributed by atoms with van der Waals surface area (Å²) in [7, 11) is 0. The van der Waals surface area contributed by atoms with Crippen LogP contribution in [0.15, 0.2) is 53.3 Å². The average molecular weight is 307 g/mol. The number of benzene rings is 2. The van der Waals surface area contributed by atoms with E-state index in [1.165, 1.54) is 0 Å². The van der Waals surface area contributed by atoms with Gasteiger partial charge in [-0.2, -0.15) is 5.10 Å². The second-order valence-corrected chi connectivity index (χ2v) is 5.32. The molecule has 0 spiro atoms. The number of hydrogen-bond acceptors (Lipinski definition) is 3. The van der Waals surface area contributed by atoms with E-state index in [9.17, 15) is 9.59 Å². The molecular formula is C18H17N3O2. The first-order chi connectivity index (χ1) is 11.2. The monoisotopic (exact) mass is 307 g/mol. The van der Waals surface area contributed by atoms with E-state index in [1.54, 1.807) is 18.2 Å². The lowest BCUT2D eigenvalue weighted by Crippen LogP contribution is -2.18. The van der Waals surface area contributed by atoms with E-state index in [4.69, 9.17) is 0 Å². The van der Waals surface area contributed by atoms with Gasteiger partial charge in [0, 0.05) is 11.1 Å². The first-order valence-electron chi connectivity index (χ1n) is 7.52. The van der Waals surface area contributed by atoms with E-state index in [0.717, 1.165) is 17.7 Å². The van der Waals surface area contributed by atoms with Gasteiger partial charge in [0.05, 0.1) is 17.5 Å². The number of amides is 1. The predicted molar refractivity (Wildman–Crippen MR) is 90.5 cm³/mol. The Morgan fingerprint density at radius 2 is 1.91 bits per heavy atom. The van der Waals surface area contributed by atoms with Crippen LogP contribution in [0.2, 0.25) is 0 Å². The summed E-state index contributed by atoms with van der Waals surface area (Å²) in [5.74, 6) is -0.164. The van der Waals surface area contributed by atoms with Gasteiger partial charge in [-0.15, -0.1) is 0 Å². The maximum absolute atomic E-state index is 12.3. The van der Waals surface area contributed by atoms with E-state index in [2.05, 4.69) is 22.4 Å². The Balaban J connectivity index is 1.83. The molecule has 0 saturated carbocycles. The van der Waals surface area contributed by atoms with Crippen LogP contribution < -0.4 is 10.9 Å². The fourth-order valence-corrected chi connectivity index (χ4v) is 2.53. The molecule has 5 heteroatoms. The van der Waals surface area contributed by atoms with Crippen molar-refractivity contribution in [1.29, 1.82) is 0 Å². The summed E-state index contributed by atoms with van der Waals surface area (Å²) in [4.78, 5) is 24.0. The summed E-state index contributed by atoms with van der Waals surface area (Å²) in [5, 5.41) is 10.6. The van der Waals surface area contributed by atoms with Crippen LogP contribution in [0.4, 0.5) is 5.69 Å². The van der Waals surface area contributed by atoms with Crippen LogP contribution in [-0.2, 0) is 17.6 Å². The minimum Gasteiger partial charge on any atom is -0.326 e. The van der Waals surface area contributed by atoms with Crippen molar-refractivity contribution in [1.82, 2.24) is 10.2 Å². The van der Waals surface area contributed by atoms with Gasteiger partial charge < -0.3 is 5.32 Å². The Hall–Kier alpha value is -2.95. The number of aromatic nitrogens is 2. The van der Waals surface area contributed by atoms with E-state index in [-0.39, 0.29) is 17.9 Å². The fourth-order valence-electron chi connectivity index (χ4n) is 2.53. The minimum absolute atomic E-state index is 0.105. The molecule has 2 aromatic carbocycles. The summed E-state index contributed by atoms with van der Waals surface area (Å²) in [6.45, 7) is 2.07. The maximum Gasteiger partial charge on any atom is 0.272 e. The molecule has 0 unspecified atom stereocenters. The van der Waals surface area contributed by atoms with Crippen LogP contribution in [0.5, 0.6) is 0 Å². The molecule has 0 bridgehead atoms. The lowest BCUT2D eigenvalue weighted by Gasteiger charge is -2.08. The van der Waals surface area contributed by atoms with Gasteiger partial charge in [0.2, 0.25) is 5.91 Å². The fraction of sp³-hybridized carbons (Fsp3) is 0.167. The number of anilines is 1. The highest BCUT2D eigenvalue weighted by molar-refractivity contribution is 5.95. The number of carbonyl (C=O) groups is 1. The van der Waals surface area contributed by atoms with E-state index < -0.39 is 0 Å². The van der Waals surface area contributed by atoms with Gasteiger partial charge in [0.15, 0.2) is 0 Å². The smallest absolute Gasteiger partial charge is 0.272 e. The van der Waals surface area contributed by atoms with E-state index >= 15 is 0 Å². The summed E-state index contributed by atoms with van der Waals surface area (Å²) in [6, 6.07) is 14.9. The highest BCUT2D eigenvalue weighted by Crippen LogP contribution is 2.15. The van der Waals surface area contributed by atoms with Crippen molar-refractivity contribution in [2.75, 3.05) is 5.32 Å². The molecule has 2 N–H and O–H groups in total. The van der Waals surface area contributed by atoms with Gasteiger partial charge in [-0.25, -0.2) is 5.10 Å². The van der Waals surface area contributed by atoms with Crippen molar-refractivity contribution in [3.63, 3.8) is 0 Å². The molecular weight excluding hydrogens is 290 g/mol. The van der Waals surface area contributed by atoms with E-state index in [0.29, 0.717) is 16.5 Å². The lowest BCUT2D eigenvalue weighted by atomic mass is 10.1. The quantitative estimate of drug-likeness (QED) is 0.778. The third-order valence-electron chi connectivity index (χ3n) is 3.72. The normalized spacial score (nSPS) is 10.7. The molecule has 1 aromatic heterocycles. The number of aromatic amines is 1. The summed E-state index contributed by atoms with van der Waals surface area (Å²) >= 11 is 0. The van der Waals surface area contributed by atoms with Gasteiger partial charge in [-0.3, -0.25) is 9.59 Å². The zero-order valence-corrected chi connectivity index (χ0v) is 12.8. The number of nitrogens with one attached hydrogen (secondary N) is 2. The second-order valence-electron chi connectivity index (χ2n) is 5.32. The Kier molecular flexibility index (Phi) is 4.19. The summed E-state index contributed by atoms with van der Waals surface area (Å²) in [5.41, 5.74) is 2.24. The molecule has 116 valence electrons. The van der Waals surface area contributed by atoms with Crippen LogP contribution >= 0.6 is 0 Å². The Morgan fingerprint density at radius 3 is 2.70 bits per heavy atom. The third kappa shape index (κ3) is 3.29. The number of fused-ring (bicyclic) bond motifs is 1. The van der Waals surface area contributed by atoms with E-state index in [1.807, 2.05) is 30.3 Å². The number of carbonyl (C=O) groups excluding carboxylic acids is 1. The molecule has 1 heterocycles. The van der Waals surface area contributed by atoms with Crippen LogP contribution in [0.3, 0.4) is 0 Å². The van der Waals surface area contributed by atoms with Crippen molar-refractivity contribution >= 4 is 22.4 Å². The topological polar surface area (TPSA) is 74.8 Å². The van der Waals surface area contributed by atoms with Gasteiger partial charge in [-0.1, -0.05) is 37.3 Å². The number of H-pyrrole nitrogens is 1. The van der Waals surface area contributed by atoms with Gasteiger partial charge in [-0.05, 0) is 30.2 Å². The molecule has 23 heavy (non-hydrogen) atoms. The zero-order chi connectivity index (χ0) is 16.2. The summed E-state index contributed by atoms with van der Waals surface area (Å²) in [6.07, 6.45) is 1.02. The van der Waals surface area contributed by atoms with Crippen LogP contribution in [-0.4, -0.2) is 16.1 Å². The van der Waals surface area contributed by atoms with Crippen molar-refractivity contribution in [3.05, 3.63) is 70.1 Å². The van der Waals surface area contributed by atoms with Crippen LogP contribution in [0.25, 0.3) is 10.8 Å². The Labute approximate surface area is 133 Å². The highest BCUT2D eigenvalue weighted by Gasteiger charge is 2.11. The number of nitrogens with zero attached hydrogens (tertiary/aromatic N) is 1. The van der Waals surface area contributed by atoms with Crippen molar-refractivity contribution in [3.8, 4) is 0 Å². The largest absolute Gasteiger partial charge is 0.326 e. The van der Waals surface area contributed by atoms with Gasteiger partial charge >= 0.3 is 0 Å². The van der Waals surface area contributed by atoms with Gasteiger partial charge in [0.25, 0.3) is 5.56 Å². The second kappa shape index (κ2) is 6.44. The first kappa shape index (κ1) is 15.0. The molecule has 0 aliphatic heterocycles. The van der Waals surface area contributed by atoms with Crippen molar-refractivity contribution in [2.45, 2.75) is 19.8 Å². The molecule has 0 atom stereocenters.